The van der Waals surface area contributed by atoms with Gasteiger partial charge in [-0.25, -0.2) is 9.18 Å². The van der Waals surface area contributed by atoms with Gasteiger partial charge in [-0.05, 0) is 36.4 Å². The summed E-state index contributed by atoms with van der Waals surface area (Å²) in [5.74, 6) is -2.36. The fourth-order valence-electron chi connectivity index (χ4n) is 3.06. The van der Waals surface area contributed by atoms with Crippen molar-refractivity contribution in [3.8, 4) is 5.69 Å². The molecule has 1 aromatic heterocycles. The number of hydrogen-bond acceptors (Lipinski definition) is 5. The maximum atomic E-state index is 13.8. The van der Waals surface area contributed by atoms with Crippen molar-refractivity contribution < 1.29 is 18.7 Å². The van der Waals surface area contributed by atoms with Crippen molar-refractivity contribution in [1.29, 1.82) is 0 Å². The van der Waals surface area contributed by atoms with E-state index in [1.165, 1.54) is 12.1 Å². The molecular weight excluding hydrogens is 437 g/mol. The van der Waals surface area contributed by atoms with Crippen LogP contribution in [0.3, 0.4) is 0 Å². The first-order valence-electron chi connectivity index (χ1n) is 9.43. The molecule has 0 spiro atoms. The molecule has 0 saturated heterocycles. The molecule has 4 aromatic rings. The molecule has 0 unspecified atom stereocenters. The van der Waals surface area contributed by atoms with Crippen molar-refractivity contribution in [2.75, 3.05) is 11.9 Å². The number of amides is 1. The number of halogens is 2. The molecule has 1 N–H and O–H groups in total. The zero-order chi connectivity index (χ0) is 22.7. The van der Waals surface area contributed by atoms with Crippen LogP contribution in [0.4, 0.5) is 10.1 Å². The van der Waals surface area contributed by atoms with E-state index in [4.69, 9.17) is 16.3 Å². The molecule has 0 aliphatic rings. The molecule has 9 heteroatoms. The second kappa shape index (κ2) is 8.99. The molecule has 160 valence electrons. The average molecular weight is 452 g/mol. The quantitative estimate of drug-likeness (QED) is 0.464. The predicted octanol–water partition coefficient (Wildman–Crippen LogP) is 3.97. The number of carbonyl (C=O) groups is 2. The lowest BCUT2D eigenvalue weighted by atomic mass is 10.1. The van der Waals surface area contributed by atoms with Crippen LogP contribution in [0.2, 0.25) is 5.02 Å². The molecule has 4 rings (SSSR count). The molecule has 0 saturated carbocycles. The SMILES string of the molecule is O=C(COC(=O)c1nn(-c2ccccc2)c(=O)c2ccccc12)Nc1cc(Cl)ccc1F. The van der Waals surface area contributed by atoms with Crippen molar-refractivity contribution in [3.05, 3.63) is 99.7 Å². The van der Waals surface area contributed by atoms with Crippen LogP contribution >= 0.6 is 11.6 Å². The summed E-state index contributed by atoms with van der Waals surface area (Å²) in [7, 11) is 0. The Morgan fingerprint density at radius 1 is 1.00 bits per heavy atom. The lowest BCUT2D eigenvalue weighted by Gasteiger charge is -2.11. The maximum Gasteiger partial charge on any atom is 0.359 e. The van der Waals surface area contributed by atoms with Gasteiger partial charge in [0.25, 0.3) is 11.5 Å². The summed E-state index contributed by atoms with van der Waals surface area (Å²) in [6.07, 6.45) is 0. The number of fused-ring (bicyclic) bond motifs is 1. The number of ether oxygens (including phenoxy) is 1. The van der Waals surface area contributed by atoms with E-state index >= 15 is 0 Å². The number of carbonyl (C=O) groups excluding carboxylic acids is 2. The van der Waals surface area contributed by atoms with Gasteiger partial charge in [-0.2, -0.15) is 9.78 Å². The smallest absolute Gasteiger partial charge is 0.359 e. The van der Waals surface area contributed by atoms with Gasteiger partial charge < -0.3 is 10.1 Å². The van der Waals surface area contributed by atoms with E-state index in [-0.39, 0.29) is 27.2 Å². The number of benzene rings is 3. The Morgan fingerprint density at radius 3 is 2.44 bits per heavy atom. The zero-order valence-corrected chi connectivity index (χ0v) is 17.2. The molecule has 1 amide bonds. The van der Waals surface area contributed by atoms with E-state index in [1.807, 2.05) is 0 Å². The van der Waals surface area contributed by atoms with Crippen LogP contribution in [0.25, 0.3) is 16.5 Å². The number of hydrogen-bond donors (Lipinski definition) is 1. The normalized spacial score (nSPS) is 10.7. The lowest BCUT2D eigenvalue weighted by Crippen LogP contribution is -2.26. The fraction of sp³-hybridized carbons (Fsp3) is 0.0435. The average Bonchev–Trinajstić information content (AvgIpc) is 2.81. The highest BCUT2D eigenvalue weighted by molar-refractivity contribution is 6.30. The van der Waals surface area contributed by atoms with Gasteiger partial charge in [-0.3, -0.25) is 9.59 Å². The molecule has 0 radical (unpaired) electrons. The van der Waals surface area contributed by atoms with Crippen LogP contribution in [0.1, 0.15) is 10.5 Å². The minimum atomic E-state index is -0.910. The number of anilines is 1. The summed E-state index contributed by atoms with van der Waals surface area (Å²) >= 11 is 5.80. The predicted molar refractivity (Wildman–Crippen MR) is 118 cm³/mol. The molecule has 0 aliphatic carbocycles. The summed E-state index contributed by atoms with van der Waals surface area (Å²) < 4.78 is 20.0. The fourth-order valence-corrected chi connectivity index (χ4v) is 3.24. The van der Waals surface area contributed by atoms with Gasteiger partial charge >= 0.3 is 5.97 Å². The van der Waals surface area contributed by atoms with Crippen LogP contribution in [-0.2, 0) is 9.53 Å². The van der Waals surface area contributed by atoms with Gasteiger partial charge in [0.1, 0.15) is 5.82 Å². The minimum absolute atomic E-state index is 0.134. The van der Waals surface area contributed by atoms with Crippen LogP contribution in [0.5, 0.6) is 0 Å². The number of para-hydroxylation sites is 1. The number of nitrogens with one attached hydrogen (secondary N) is 1. The van der Waals surface area contributed by atoms with Crippen molar-refractivity contribution in [2.45, 2.75) is 0 Å². The number of rotatable bonds is 5. The topological polar surface area (TPSA) is 90.3 Å². The Morgan fingerprint density at radius 2 is 1.69 bits per heavy atom. The molecule has 1 heterocycles. The Kier molecular flexibility index (Phi) is 5.96. The van der Waals surface area contributed by atoms with Crippen LogP contribution in [-0.4, -0.2) is 28.3 Å². The van der Waals surface area contributed by atoms with Gasteiger partial charge in [-0.15, -0.1) is 0 Å². The lowest BCUT2D eigenvalue weighted by molar-refractivity contribution is -0.119. The van der Waals surface area contributed by atoms with E-state index in [9.17, 15) is 18.8 Å². The molecule has 0 atom stereocenters. The van der Waals surface area contributed by atoms with Crippen molar-refractivity contribution in [2.24, 2.45) is 0 Å². The molecule has 3 aromatic carbocycles. The van der Waals surface area contributed by atoms with Gasteiger partial charge in [0.15, 0.2) is 12.3 Å². The Bertz CT molecular complexity index is 1390. The highest BCUT2D eigenvalue weighted by Crippen LogP contribution is 2.20. The highest BCUT2D eigenvalue weighted by Gasteiger charge is 2.20. The third-order valence-electron chi connectivity index (χ3n) is 4.54. The molecule has 0 aliphatic heterocycles. The van der Waals surface area contributed by atoms with Gasteiger partial charge in [-0.1, -0.05) is 48.0 Å². The monoisotopic (exact) mass is 451 g/mol. The summed E-state index contributed by atoms with van der Waals surface area (Å²) in [5, 5.41) is 7.26. The van der Waals surface area contributed by atoms with Crippen LogP contribution in [0.15, 0.2) is 77.6 Å². The van der Waals surface area contributed by atoms with E-state index in [1.54, 1.807) is 54.6 Å². The third-order valence-corrected chi connectivity index (χ3v) is 4.77. The Hall–Kier alpha value is -4.04. The van der Waals surface area contributed by atoms with Gasteiger partial charge in [0, 0.05) is 10.4 Å². The van der Waals surface area contributed by atoms with Crippen molar-refractivity contribution in [1.82, 2.24) is 9.78 Å². The first kappa shape index (κ1) is 21.2. The summed E-state index contributed by atoms with van der Waals surface area (Å²) in [5.41, 5.74) is -0.213. The van der Waals surface area contributed by atoms with Gasteiger partial charge in [0.05, 0.1) is 16.8 Å². The summed E-state index contributed by atoms with van der Waals surface area (Å²) in [6, 6.07) is 18.7. The Balaban J connectivity index is 1.61. The largest absolute Gasteiger partial charge is 0.451 e. The summed E-state index contributed by atoms with van der Waals surface area (Å²) in [4.78, 5) is 37.8. The highest BCUT2D eigenvalue weighted by atomic mass is 35.5. The number of aromatic nitrogens is 2. The second-order valence-electron chi connectivity index (χ2n) is 6.70. The number of esters is 1. The minimum Gasteiger partial charge on any atom is -0.451 e. The Labute approximate surface area is 186 Å². The first-order valence-corrected chi connectivity index (χ1v) is 9.81. The van der Waals surface area contributed by atoms with Crippen LogP contribution < -0.4 is 10.9 Å². The van der Waals surface area contributed by atoms with Crippen molar-refractivity contribution in [3.63, 3.8) is 0 Å². The molecule has 0 bridgehead atoms. The first-order chi connectivity index (χ1) is 15.4. The van der Waals surface area contributed by atoms with E-state index in [2.05, 4.69) is 10.4 Å². The summed E-state index contributed by atoms with van der Waals surface area (Å²) in [6.45, 7) is -0.689. The van der Waals surface area contributed by atoms with E-state index < -0.39 is 29.9 Å². The molecule has 0 fully saturated rings. The second-order valence-corrected chi connectivity index (χ2v) is 7.13. The third kappa shape index (κ3) is 4.35. The number of nitrogens with zero attached hydrogens (tertiary/aromatic N) is 2. The van der Waals surface area contributed by atoms with Crippen molar-refractivity contribution >= 4 is 39.9 Å². The van der Waals surface area contributed by atoms with Gasteiger partial charge in [0.2, 0.25) is 0 Å². The standard InChI is InChI=1S/C23H15ClFN3O4/c24-14-10-11-18(25)19(12-14)26-20(29)13-32-23(31)21-16-8-4-5-9-17(16)22(30)28(27-21)15-6-2-1-3-7-15/h1-12H,13H2,(H,26,29). The van der Waals surface area contributed by atoms with Crippen LogP contribution in [0, 0.1) is 5.82 Å². The molecule has 32 heavy (non-hydrogen) atoms. The van der Waals surface area contributed by atoms with E-state index in [0.717, 1.165) is 10.7 Å². The molecule has 7 nitrogen and oxygen atoms in total. The molecular formula is C23H15ClFN3O4. The zero-order valence-electron chi connectivity index (χ0n) is 16.4. The van der Waals surface area contributed by atoms with E-state index in [0.29, 0.717) is 5.69 Å². The maximum absolute atomic E-state index is 13.8.